The van der Waals surface area contributed by atoms with Crippen LogP contribution in [0.15, 0.2) is 77.2 Å². The van der Waals surface area contributed by atoms with Gasteiger partial charge < -0.3 is 19.8 Å². The molecule has 6 nitrogen and oxygen atoms in total. The number of hydrogen-bond donors (Lipinski definition) is 2. The van der Waals surface area contributed by atoms with Gasteiger partial charge >= 0.3 is 0 Å². The second-order valence-electron chi connectivity index (χ2n) is 6.45. The highest BCUT2D eigenvalue weighted by molar-refractivity contribution is 6.34. The van der Waals surface area contributed by atoms with E-state index in [1.165, 1.54) is 7.11 Å². The molecule has 0 atom stereocenters. The lowest BCUT2D eigenvalue weighted by atomic mass is 10.2. The lowest BCUT2D eigenvalue weighted by molar-refractivity contribution is 0.0996. The summed E-state index contributed by atoms with van der Waals surface area (Å²) in [6.45, 7) is 0. The molecule has 0 aliphatic heterocycles. The van der Waals surface area contributed by atoms with Crippen molar-refractivity contribution in [1.29, 1.82) is 0 Å². The molecule has 0 saturated heterocycles. The van der Waals surface area contributed by atoms with Crippen molar-refractivity contribution in [3.8, 4) is 5.75 Å². The zero-order valence-corrected chi connectivity index (χ0v) is 16.7. The Morgan fingerprint density at radius 1 is 0.900 bits per heavy atom. The number of fused-ring (bicyclic) bond motifs is 1. The third kappa shape index (κ3) is 3.99. The van der Waals surface area contributed by atoms with Gasteiger partial charge in [-0.3, -0.25) is 9.59 Å². The summed E-state index contributed by atoms with van der Waals surface area (Å²) < 4.78 is 10.9. The fourth-order valence-corrected chi connectivity index (χ4v) is 3.22. The number of para-hydroxylation sites is 1. The molecule has 2 amide bonds. The first kappa shape index (κ1) is 19.5. The van der Waals surface area contributed by atoms with Crippen molar-refractivity contribution < 1.29 is 18.7 Å². The van der Waals surface area contributed by atoms with Crippen LogP contribution in [0.2, 0.25) is 5.02 Å². The highest BCUT2D eigenvalue weighted by Crippen LogP contribution is 2.29. The summed E-state index contributed by atoms with van der Waals surface area (Å²) in [5.41, 5.74) is 1.93. The number of carbonyl (C=O) groups excluding carboxylic acids is 2. The van der Waals surface area contributed by atoms with E-state index < -0.39 is 0 Å². The lowest BCUT2D eigenvalue weighted by Gasteiger charge is -2.13. The van der Waals surface area contributed by atoms with Crippen molar-refractivity contribution in [3.05, 3.63) is 89.1 Å². The second-order valence-corrected chi connectivity index (χ2v) is 6.86. The van der Waals surface area contributed by atoms with Crippen molar-refractivity contribution in [2.75, 3.05) is 17.7 Å². The predicted molar refractivity (Wildman–Crippen MR) is 117 cm³/mol. The van der Waals surface area contributed by atoms with Crippen LogP contribution in [0.3, 0.4) is 0 Å². The molecule has 4 rings (SSSR count). The first-order valence-corrected chi connectivity index (χ1v) is 9.47. The molecule has 1 heterocycles. The number of furan rings is 1. The van der Waals surface area contributed by atoms with E-state index in [0.717, 1.165) is 5.39 Å². The lowest BCUT2D eigenvalue weighted by Crippen LogP contribution is -2.14. The van der Waals surface area contributed by atoms with E-state index in [1.807, 2.05) is 18.2 Å². The van der Waals surface area contributed by atoms with Crippen LogP contribution in [0.5, 0.6) is 5.75 Å². The molecule has 0 saturated carbocycles. The van der Waals surface area contributed by atoms with Crippen LogP contribution >= 0.6 is 11.6 Å². The Bertz CT molecular complexity index is 1220. The topological polar surface area (TPSA) is 80.6 Å². The number of hydrogen-bond acceptors (Lipinski definition) is 4. The third-order valence-electron chi connectivity index (χ3n) is 4.48. The summed E-state index contributed by atoms with van der Waals surface area (Å²) in [4.78, 5) is 25.0. The summed E-state index contributed by atoms with van der Waals surface area (Å²) >= 11 is 6.08. The Balaban J connectivity index is 1.52. The molecule has 0 fully saturated rings. The Hall–Kier alpha value is -3.77. The number of anilines is 2. The standard InChI is InChI=1S/C23H17ClN2O4/c1-29-20-13-15(25-23(28)21-12-14-6-2-5-9-19(14)30-21)10-11-18(20)26-22(27)16-7-3-4-8-17(16)24/h2-13H,1H3,(H,25,28)(H,26,27). The van der Waals surface area contributed by atoms with E-state index in [1.54, 1.807) is 54.6 Å². The minimum absolute atomic E-state index is 0.200. The summed E-state index contributed by atoms with van der Waals surface area (Å²) in [6, 6.07) is 20.7. The molecule has 0 bridgehead atoms. The van der Waals surface area contributed by atoms with Gasteiger partial charge in [-0.15, -0.1) is 0 Å². The van der Waals surface area contributed by atoms with Crippen LogP contribution in [0.25, 0.3) is 11.0 Å². The molecule has 4 aromatic rings. The highest BCUT2D eigenvalue weighted by atomic mass is 35.5. The van der Waals surface area contributed by atoms with Gasteiger partial charge in [0.05, 0.1) is 23.4 Å². The number of nitrogens with one attached hydrogen (secondary N) is 2. The monoisotopic (exact) mass is 420 g/mol. The van der Waals surface area contributed by atoms with Gasteiger partial charge in [0.1, 0.15) is 11.3 Å². The molecule has 0 aliphatic carbocycles. The van der Waals surface area contributed by atoms with Gasteiger partial charge in [0.15, 0.2) is 5.76 Å². The molecule has 0 unspecified atom stereocenters. The summed E-state index contributed by atoms with van der Waals surface area (Å²) in [7, 11) is 1.48. The zero-order valence-electron chi connectivity index (χ0n) is 15.9. The number of methoxy groups -OCH3 is 1. The Morgan fingerprint density at radius 3 is 2.43 bits per heavy atom. The molecular formula is C23H17ClN2O4. The molecule has 1 aromatic heterocycles. The van der Waals surface area contributed by atoms with Gasteiger partial charge in [-0.2, -0.15) is 0 Å². The van der Waals surface area contributed by atoms with E-state index in [4.69, 9.17) is 20.8 Å². The molecule has 2 N–H and O–H groups in total. The van der Waals surface area contributed by atoms with Gasteiger partial charge in [-0.05, 0) is 36.4 Å². The molecule has 3 aromatic carbocycles. The molecule has 150 valence electrons. The highest BCUT2D eigenvalue weighted by Gasteiger charge is 2.15. The van der Waals surface area contributed by atoms with Gasteiger partial charge in [0.2, 0.25) is 0 Å². The van der Waals surface area contributed by atoms with E-state index in [2.05, 4.69) is 10.6 Å². The average Bonchev–Trinajstić information content (AvgIpc) is 3.19. The first-order chi connectivity index (χ1) is 14.5. The summed E-state index contributed by atoms with van der Waals surface area (Å²) in [5, 5.41) is 6.73. The first-order valence-electron chi connectivity index (χ1n) is 9.09. The molecule has 0 aliphatic rings. The van der Waals surface area contributed by atoms with Gasteiger partial charge in [-0.25, -0.2) is 0 Å². The number of benzene rings is 3. The average molecular weight is 421 g/mol. The largest absolute Gasteiger partial charge is 0.494 e. The third-order valence-corrected chi connectivity index (χ3v) is 4.80. The van der Waals surface area contributed by atoms with Crippen molar-refractivity contribution in [1.82, 2.24) is 0 Å². The van der Waals surface area contributed by atoms with Crippen molar-refractivity contribution in [2.45, 2.75) is 0 Å². The quantitative estimate of drug-likeness (QED) is 0.440. The van der Waals surface area contributed by atoms with Crippen LogP contribution in [0.1, 0.15) is 20.9 Å². The number of rotatable bonds is 5. The van der Waals surface area contributed by atoms with Crippen LogP contribution in [0.4, 0.5) is 11.4 Å². The maximum absolute atomic E-state index is 12.5. The van der Waals surface area contributed by atoms with Crippen molar-refractivity contribution >= 4 is 45.8 Å². The van der Waals surface area contributed by atoms with E-state index in [0.29, 0.717) is 33.3 Å². The summed E-state index contributed by atoms with van der Waals surface area (Å²) in [5.74, 6) is -0.164. The van der Waals surface area contributed by atoms with E-state index in [-0.39, 0.29) is 17.6 Å². The number of halogens is 1. The summed E-state index contributed by atoms with van der Waals surface area (Å²) in [6.07, 6.45) is 0. The maximum atomic E-state index is 12.5. The van der Waals surface area contributed by atoms with E-state index in [9.17, 15) is 9.59 Å². The van der Waals surface area contributed by atoms with Gasteiger partial charge in [0.25, 0.3) is 11.8 Å². The Kier molecular flexibility index (Phi) is 5.41. The van der Waals surface area contributed by atoms with Crippen molar-refractivity contribution in [2.24, 2.45) is 0 Å². The molecule has 7 heteroatoms. The molecular weight excluding hydrogens is 404 g/mol. The predicted octanol–water partition coefficient (Wildman–Crippen LogP) is 5.60. The van der Waals surface area contributed by atoms with Gasteiger partial charge in [0, 0.05) is 17.1 Å². The smallest absolute Gasteiger partial charge is 0.291 e. The number of carbonyl (C=O) groups is 2. The molecule has 30 heavy (non-hydrogen) atoms. The van der Waals surface area contributed by atoms with Crippen molar-refractivity contribution in [3.63, 3.8) is 0 Å². The van der Waals surface area contributed by atoms with Crippen LogP contribution < -0.4 is 15.4 Å². The second kappa shape index (κ2) is 8.31. The SMILES string of the molecule is COc1cc(NC(=O)c2cc3ccccc3o2)ccc1NC(=O)c1ccccc1Cl. The Morgan fingerprint density at radius 2 is 1.67 bits per heavy atom. The van der Waals surface area contributed by atoms with Gasteiger partial charge in [-0.1, -0.05) is 41.9 Å². The van der Waals surface area contributed by atoms with E-state index >= 15 is 0 Å². The van der Waals surface area contributed by atoms with Crippen LogP contribution in [0, 0.1) is 0 Å². The normalized spacial score (nSPS) is 10.6. The fourth-order valence-electron chi connectivity index (χ4n) is 2.99. The molecule has 0 radical (unpaired) electrons. The van der Waals surface area contributed by atoms with Crippen LogP contribution in [-0.4, -0.2) is 18.9 Å². The minimum atomic E-state index is -0.388. The number of ether oxygens (including phenoxy) is 1. The maximum Gasteiger partial charge on any atom is 0.291 e. The molecule has 0 spiro atoms. The zero-order chi connectivity index (χ0) is 21.1. The fraction of sp³-hybridized carbons (Fsp3) is 0.0435. The van der Waals surface area contributed by atoms with Crippen LogP contribution in [-0.2, 0) is 0 Å². The minimum Gasteiger partial charge on any atom is -0.494 e. The number of amides is 2. The Labute approximate surface area is 177 Å².